The first kappa shape index (κ1) is 15.1. The maximum absolute atomic E-state index is 12.1. The van der Waals surface area contributed by atoms with E-state index in [0.717, 1.165) is 0 Å². The van der Waals surface area contributed by atoms with Crippen LogP contribution in [0.5, 0.6) is 0 Å². The number of anilines is 1. The predicted molar refractivity (Wildman–Crippen MR) is 74.9 cm³/mol. The van der Waals surface area contributed by atoms with E-state index in [9.17, 15) is 13.2 Å². The third-order valence-electron chi connectivity index (χ3n) is 2.74. The Morgan fingerprint density at radius 2 is 2.14 bits per heavy atom. The standard InChI is InChI=1S/C13H14N2O5S/c1-19-13(16)9-4-5-12(11(14)7-9)21(17,18)15-8-10-3-2-6-20-10/h2-7,15H,8,14H2,1H3. The molecule has 0 saturated carbocycles. The van der Waals surface area contributed by atoms with Crippen LogP contribution in [0.1, 0.15) is 16.1 Å². The third kappa shape index (κ3) is 3.41. The highest BCUT2D eigenvalue weighted by Gasteiger charge is 2.19. The van der Waals surface area contributed by atoms with Gasteiger partial charge in [0.1, 0.15) is 10.7 Å². The molecule has 2 aromatic rings. The summed E-state index contributed by atoms with van der Waals surface area (Å²) in [5, 5.41) is 0. The normalized spacial score (nSPS) is 11.3. The Bertz CT molecular complexity index is 738. The first-order valence-electron chi connectivity index (χ1n) is 5.94. The summed E-state index contributed by atoms with van der Waals surface area (Å²) >= 11 is 0. The molecule has 0 aliphatic rings. The van der Waals surface area contributed by atoms with E-state index in [-0.39, 0.29) is 22.7 Å². The van der Waals surface area contributed by atoms with Crippen LogP contribution in [0.15, 0.2) is 45.9 Å². The highest BCUT2D eigenvalue weighted by Crippen LogP contribution is 2.20. The number of esters is 1. The van der Waals surface area contributed by atoms with Gasteiger partial charge in [-0.3, -0.25) is 0 Å². The van der Waals surface area contributed by atoms with Crippen LogP contribution in [-0.2, 0) is 21.3 Å². The zero-order chi connectivity index (χ0) is 15.5. The van der Waals surface area contributed by atoms with Crippen molar-refractivity contribution >= 4 is 21.7 Å². The van der Waals surface area contributed by atoms with Gasteiger partial charge in [0.2, 0.25) is 10.0 Å². The monoisotopic (exact) mass is 310 g/mol. The molecule has 0 radical (unpaired) electrons. The molecule has 8 heteroatoms. The number of hydrogen-bond donors (Lipinski definition) is 2. The SMILES string of the molecule is COC(=O)c1ccc(S(=O)(=O)NCc2ccco2)c(N)c1. The summed E-state index contributed by atoms with van der Waals surface area (Å²) in [6.07, 6.45) is 1.45. The molecule has 0 unspecified atom stereocenters. The molecule has 0 aliphatic carbocycles. The minimum absolute atomic E-state index is 0.00747. The molecular weight excluding hydrogens is 296 g/mol. The van der Waals surface area contributed by atoms with E-state index in [1.54, 1.807) is 12.1 Å². The maximum Gasteiger partial charge on any atom is 0.337 e. The number of ether oxygens (including phenoxy) is 1. The largest absolute Gasteiger partial charge is 0.468 e. The average molecular weight is 310 g/mol. The second kappa shape index (κ2) is 5.98. The van der Waals surface area contributed by atoms with Crippen molar-refractivity contribution in [3.05, 3.63) is 47.9 Å². The van der Waals surface area contributed by atoms with E-state index >= 15 is 0 Å². The summed E-state index contributed by atoms with van der Waals surface area (Å²) in [5.74, 6) is -0.113. The zero-order valence-corrected chi connectivity index (χ0v) is 12.0. The quantitative estimate of drug-likeness (QED) is 0.632. The van der Waals surface area contributed by atoms with Crippen molar-refractivity contribution in [2.45, 2.75) is 11.4 Å². The molecule has 0 fully saturated rings. The zero-order valence-electron chi connectivity index (χ0n) is 11.2. The first-order chi connectivity index (χ1) is 9.94. The van der Waals surface area contributed by atoms with E-state index in [1.807, 2.05) is 0 Å². The Morgan fingerprint density at radius 3 is 2.71 bits per heavy atom. The van der Waals surface area contributed by atoms with E-state index < -0.39 is 16.0 Å². The van der Waals surface area contributed by atoms with E-state index in [2.05, 4.69) is 9.46 Å². The van der Waals surface area contributed by atoms with Crippen molar-refractivity contribution in [2.24, 2.45) is 0 Å². The Morgan fingerprint density at radius 1 is 1.38 bits per heavy atom. The van der Waals surface area contributed by atoms with Crippen LogP contribution in [-0.4, -0.2) is 21.5 Å². The number of benzene rings is 1. The van der Waals surface area contributed by atoms with E-state index in [0.29, 0.717) is 5.76 Å². The van der Waals surface area contributed by atoms with Crippen molar-refractivity contribution in [1.29, 1.82) is 0 Å². The molecule has 0 bridgehead atoms. The number of sulfonamides is 1. The fourth-order valence-corrected chi connectivity index (χ4v) is 2.80. The van der Waals surface area contributed by atoms with Crippen molar-refractivity contribution in [2.75, 3.05) is 12.8 Å². The van der Waals surface area contributed by atoms with Gasteiger partial charge in [-0.05, 0) is 30.3 Å². The molecule has 0 atom stereocenters. The molecule has 3 N–H and O–H groups in total. The van der Waals surface area contributed by atoms with Gasteiger partial charge < -0.3 is 14.9 Å². The third-order valence-corrected chi connectivity index (χ3v) is 4.21. The molecule has 0 spiro atoms. The van der Waals surface area contributed by atoms with Crippen LogP contribution in [0.2, 0.25) is 0 Å². The Balaban J connectivity index is 2.21. The summed E-state index contributed by atoms with van der Waals surface area (Å²) in [6.45, 7) is 0.00747. The molecular formula is C13H14N2O5S. The number of nitrogens with one attached hydrogen (secondary N) is 1. The molecule has 1 aromatic carbocycles. The van der Waals surface area contributed by atoms with Gasteiger partial charge in [0.15, 0.2) is 0 Å². The van der Waals surface area contributed by atoms with Crippen molar-refractivity contribution in [1.82, 2.24) is 4.72 Å². The number of nitrogens with two attached hydrogens (primary N) is 1. The fraction of sp³-hybridized carbons (Fsp3) is 0.154. The van der Waals surface area contributed by atoms with Crippen LogP contribution >= 0.6 is 0 Å². The number of nitrogen functional groups attached to an aromatic ring is 1. The molecule has 0 aliphatic heterocycles. The highest BCUT2D eigenvalue weighted by molar-refractivity contribution is 7.89. The number of carbonyl (C=O) groups excluding carboxylic acids is 1. The number of furan rings is 1. The lowest BCUT2D eigenvalue weighted by molar-refractivity contribution is 0.0600. The summed E-state index contributed by atoms with van der Waals surface area (Å²) in [4.78, 5) is 11.2. The van der Waals surface area contributed by atoms with Gasteiger partial charge in [-0.25, -0.2) is 17.9 Å². The van der Waals surface area contributed by atoms with Gasteiger partial charge in [0, 0.05) is 0 Å². The van der Waals surface area contributed by atoms with E-state index in [1.165, 1.54) is 31.6 Å². The number of hydrogen-bond acceptors (Lipinski definition) is 6. The van der Waals surface area contributed by atoms with Crippen molar-refractivity contribution in [3.63, 3.8) is 0 Å². The van der Waals surface area contributed by atoms with Crippen LogP contribution < -0.4 is 10.5 Å². The molecule has 2 rings (SSSR count). The van der Waals surface area contributed by atoms with Gasteiger partial charge in [-0.2, -0.15) is 0 Å². The van der Waals surface area contributed by atoms with Crippen molar-refractivity contribution in [3.8, 4) is 0 Å². The molecule has 7 nitrogen and oxygen atoms in total. The molecule has 0 amide bonds. The topological polar surface area (TPSA) is 112 Å². The summed E-state index contributed by atoms with van der Waals surface area (Å²) in [7, 11) is -2.57. The average Bonchev–Trinajstić information content (AvgIpc) is 2.97. The minimum Gasteiger partial charge on any atom is -0.468 e. The van der Waals surface area contributed by atoms with Gasteiger partial charge in [-0.1, -0.05) is 0 Å². The smallest absolute Gasteiger partial charge is 0.337 e. The van der Waals surface area contributed by atoms with E-state index in [4.69, 9.17) is 10.2 Å². The number of methoxy groups -OCH3 is 1. The molecule has 112 valence electrons. The van der Waals surface area contributed by atoms with Gasteiger partial charge >= 0.3 is 5.97 Å². The highest BCUT2D eigenvalue weighted by atomic mass is 32.2. The lowest BCUT2D eigenvalue weighted by Gasteiger charge is -2.09. The molecule has 21 heavy (non-hydrogen) atoms. The van der Waals surface area contributed by atoms with Crippen LogP contribution in [0.4, 0.5) is 5.69 Å². The lowest BCUT2D eigenvalue weighted by atomic mass is 10.2. The summed E-state index contributed by atoms with van der Waals surface area (Å²) in [6, 6.07) is 7.15. The van der Waals surface area contributed by atoms with Crippen LogP contribution in [0.3, 0.4) is 0 Å². The lowest BCUT2D eigenvalue weighted by Crippen LogP contribution is -2.24. The first-order valence-corrected chi connectivity index (χ1v) is 7.42. The van der Waals surface area contributed by atoms with Gasteiger partial charge in [0.25, 0.3) is 0 Å². The predicted octanol–water partition coefficient (Wildman–Crippen LogP) is 1.13. The second-order valence-electron chi connectivity index (χ2n) is 4.15. The number of carbonyl (C=O) groups is 1. The maximum atomic E-state index is 12.1. The van der Waals surface area contributed by atoms with Crippen LogP contribution in [0, 0.1) is 0 Å². The Hall–Kier alpha value is -2.32. The molecule has 0 saturated heterocycles. The Kier molecular flexibility index (Phi) is 4.29. The van der Waals surface area contributed by atoms with Crippen molar-refractivity contribution < 1.29 is 22.4 Å². The minimum atomic E-state index is -3.80. The van der Waals surface area contributed by atoms with Crippen LogP contribution in [0.25, 0.3) is 0 Å². The summed E-state index contributed by atoms with van der Waals surface area (Å²) in [5.41, 5.74) is 5.84. The molecule has 1 heterocycles. The van der Waals surface area contributed by atoms with Gasteiger partial charge in [-0.15, -0.1) is 0 Å². The number of rotatable bonds is 5. The van der Waals surface area contributed by atoms with Gasteiger partial charge in [0.05, 0.1) is 31.2 Å². The molecule has 1 aromatic heterocycles. The Labute approximate surface area is 121 Å². The fourth-order valence-electron chi connectivity index (χ4n) is 1.70. The summed E-state index contributed by atoms with van der Waals surface area (Å²) < 4.78 is 36.2. The second-order valence-corrected chi connectivity index (χ2v) is 5.88.